The van der Waals surface area contributed by atoms with E-state index in [9.17, 15) is 9.59 Å². The molecule has 0 atom stereocenters. The molecule has 3 aromatic heterocycles. The molecule has 0 unspecified atom stereocenters. The maximum Gasteiger partial charge on any atom is 0.252 e. The van der Waals surface area contributed by atoms with Gasteiger partial charge in [0.25, 0.3) is 5.78 Å². The number of amides is 2. The summed E-state index contributed by atoms with van der Waals surface area (Å²) < 4.78 is 7.23. The molecule has 0 bridgehead atoms. The molecule has 0 fully saturated rings. The Morgan fingerprint density at radius 1 is 1.13 bits per heavy atom. The van der Waals surface area contributed by atoms with E-state index in [0.29, 0.717) is 34.5 Å². The van der Waals surface area contributed by atoms with Crippen molar-refractivity contribution in [1.82, 2.24) is 24.6 Å². The summed E-state index contributed by atoms with van der Waals surface area (Å²) >= 11 is 0. The molecular formula is C21H19N7O3. The Bertz CT molecular complexity index is 1280. The third-order valence-corrected chi connectivity index (χ3v) is 4.34. The first kappa shape index (κ1) is 20.0. The smallest absolute Gasteiger partial charge is 0.252 e. The van der Waals surface area contributed by atoms with Gasteiger partial charge in [-0.1, -0.05) is 6.07 Å². The Morgan fingerprint density at radius 2 is 1.97 bits per heavy atom. The average molecular weight is 417 g/mol. The van der Waals surface area contributed by atoms with E-state index in [1.807, 2.05) is 19.9 Å². The Hall–Kier alpha value is -4.34. The van der Waals surface area contributed by atoms with Crippen LogP contribution in [0.3, 0.4) is 0 Å². The fraction of sp³-hybridized carbons (Fsp3) is 0.143. The van der Waals surface area contributed by atoms with Gasteiger partial charge in [0.2, 0.25) is 17.7 Å². The van der Waals surface area contributed by atoms with Gasteiger partial charge in [-0.25, -0.2) is 14.5 Å². The molecule has 4 rings (SSSR count). The highest BCUT2D eigenvalue weighted by molar-refractivity contribution is 5.93. The molecule has 31 heavy (non-hydrogen) atoms. The molecule has 10 nitrogen and oxygen atoms in total. The summed E-state index contributed by atoms with van der Waals surface area (Å²) in [6.07, 6.45) is 1.47. The first-order valence-corrected chi connectivity index (χ1v) is 9.41. The molecule has 10 heteroatoms. The van der Waals surface area contributed by atoms with Crippen LogP contribution in [0.5, 0.6) is 11.6 Å². The van der Waals surface area contributed by atoms with Gasteiger partial charge in [-0.2, -0.15) is 4.98 Å². The zero-order valence-corrected chi connectivity index (χ0v) is 16.9. The van der Waals surface area contributed by atoms with Gasteiger partial charge in [-0.15, -0.1) is 5.10 Å². The summed E-state index contributed by atoms with van der Waals surface area (Å²) in [4.78, 5) is 36.4. The molecule has 0 saturated carbocycles. The van der Waals surface area contributed by atoms with Crippen LogP contribution in [-0.2, 0) is 11.2 Å². The molecule has 1 aromatic carbocycles. The Labute approximate surface area is 177 Å². The van der Waals surface area contributed by atoms with Gasteiger partial charge >= 0.3 is 0 Å². The number of benzene rings is 1. The van der Waals surface area contributed by atoms with Crippen LogP contribution >= 0.6 is 0 Å². The van der Waals surface area contributed by atoms with E-state index in [0.717, 1.165) is 11.4 Å². The van der Waals surface area contributed by atoms with Crippen LogP contribution < -0.4 is 15.8 Å². The Balaban J connectivity index is 1.39. The molecule has 0 radical (unpaired) electrons. The number of aromatic nitrogens is 5. The van der Waals surface area contributed by atoms with E-state index in [-0.39, 0.29) is 12.3 Å². The maximum atomic E-state index is 12.4. The monoisotopic (exact) mass is 417 g/mol. The number of aryl methyl sites for hydroxylation is 2. The predicted molar refractivity (Wildman–Crippen MR) is 112 cm³/mol. The van der Waals surface area contributed by atoms with Gasteiger partial charge in [-0.3, -0.25) is 9.59 Å². The van der Waals surface area contributed by atoms with E-state index in [1.165, 1.54) is 12.3 Å². The normalized spacial score (nSPS) is 10.8. The minimum Gasteiger partial charge on any atom is -0.439 e. The molecule has 0 aliphatic rings. The van der Waals surface area contributed by atoms with Gasteiger partial charge in [0.15, 0.2) is 5.82 Å². The van der Waals surface area contributed by atoms with Crippen molar-refractivity contribution in [3.8, 4) is 11.6 Å². The minimum absolute atomic E-state index is 0.00000854. The summed E-state index contributed by atoms with van der Waals surface area (Å²) in [6, 6.07) is 11.6. The summed E-state index contributed by atoms with van der Waals surface area (Å²) in [5, 5.41) is 7.08. The van der Waals surface area contributed by atoms with Crippen molar-refractivity contribution in [1.29, 1.82) is 0 Å². The second-order valence-corrected chi connectivity index (χ2v) is 6.88. The van der Waals surface area contributed by atoms with Crippen LogP contribution in [0.15, 0.2) is 48.7 Å². The first-order chi connectivity index (χ1) is 14.9. The van der Waals surface area contributed by atoms with Crippen molar-refractivity contribution in [3.05, 3.63) is 71.4 Å². The van der Waals surface area contributed by atoms with Gasteiger partial charge in [0.05, 0.1) is 18.3 Å². The number of anilines is 1. The standard InChI is InChI=1S/C21H19N7O3/c1-12-8-13(2)28-21(24-12)26-17(27-28)10-18(29)25-15-6-7-19(23-11-15)31-16-5-3-4-14(9-16)20(22)30/h3-9,11H,10H2,1-2H3,(H2,22,30)(H,25,29). The number of carbonyl (C=O) groups excluding carboxylic acids is 2. The molecule has 0 aliphatic carbocycles. The zero-order valence-electron chi connectivity index (χ0n) is 16.9. The van der Waals surface area contributed by atoms with Gasteiger partial charge < -0.3 is 15.8 Å². The van der Waals surface area contributed by atoms with Crippen LogP contribution in [0.1, 0.15) is 27.6 Å². The number of pyridine rings is 1. The van der Waals surface area contributed by atoms with Crippen LogP contribution in [0.4, 0.5) is 5.69 Å². The molecule has 3 heterocycles. The summed E-state index contributed by atoms with van der Waals surface area (Å²) in [6.45, 7) is 3.78. The van der Waals surface area contributed by atoms with Gasteiger partial charge in [0.1, 0.15) is 5.75 Å². The number of nitrogens with zero attached hydrogens (tertiary/aromatic N) is 5. The van der Waals surface area contributed by atoms with Crippen molar-refractivity contribution < 1.29 is 14.3 Å². The molecular weight excluding hydrogens is 398 g/mol. The SMILES string of the molecule is Cc1cc(C)n2nc(CC(=O)Nc3ccc(Oc4cccc(C(N)=O)c4)nc3)nc2n1. The summed E-state index contributed by atoms with van der Waals surface area (Å²) in [5.74, 6) is 0.744. The van der Waals surface area contributed by atoms with Crippen molar-refractivity contribution in [2.24, 2.45) is 5.73 Å². The number of ether oxygens (including phenoxy) is 1. The molecule has 156 valence electrons. The van der Waals surface area contributed by atoms with Crippen LogP contribution in [0.2, 0.25) is 0 Å². The van der Waals surface area contributed by atoms with Crippen LogP contribution in [-0.4, -0.2) is 36.4 Å². The quantitative estimate of drug-likeness (QED) is 0.490. The topological polar surface area (TPSA) is 137 Å². The second kappa shape index (κ2) is 8.19. The highest BCUT2D eigenvalue weighted by Gasteiger charge is 2.12. The van der Waals surface area contributed by atoms with E-state index >= 15 is 0 Å². The number of primary amides is 1. The number of carbonyl (C=O) groups is 2. The summed E-state index contributed by atoms with van der Waals surface area (Å²) in [7, 11) is 0. The maximum absolute atomic E-state index is 12.4. The summed E-state index contributed by atoms with van der Waals surface area (Å²) in [5.41, 5.74) is 7.83. The number of fused-ring (bicyclic) bond motifs is 1. The first-order valence-electron chi connectivity index (χ1n) is 9.41. The van der Waals surface area contributed by atoms with Crippen molar-refractivity contribution in [2.75, 3.05) is 5.32 Å². The molecule has 2 amide bonds. The number of hydrogen-bond acceptors (Lipinski definition) is 7. The van der Waals surface area contributed by atoms with Crippen LogP contribution in [0, 0.1) is 13.8 Å². The van der Waals surface area contributed by atoms with E-state index in [2.05, 4.69) is 25.4 Å². The largest absolute Gasteiger partial charge is 0.439 e. The third kappa shape index (κ3) is 4.64. The second-order valence-electron chi connectivity index (χ2n) is 6.88. The predicted octanol–water partition coefficient (Wildman–Crippen LogP) is 2.21. The lowest BCUT2D eigenvalue weighted by atomic mass is 10.2. The number of nitrogens with one attached hydrogen (secondary N) is 1. The lowest BCUT2D eigenvalue weighted by Crippen LogP contribution is -2.15. The lowest BCUT2D eigenvalue weighted by molar-refractivity contribution is -0.115. The van der Waals surface area contributed by atoms with Gasteiger partial charge in [-0.05, 0) is 44.2 Å². The van der Waals surface area contributed by atoms with Crippen molar-refractivity contribution in [3.63, 3.8) is 0 Å². The van der Waals surface area contributed by atoms with Crippen molar-refractivity contribution >= 4 is 23.3 Å². The molecule has 3 N–H and O–H groups in total. The molecule has 0 aliphatic heterocycles. The number of hydrogen-bond donors (Lipinski definition) is 2. The molecule has 0 spiro atoms. The van der Waals surface area contributed by atoms with Crippen LogP contribution in [0.25, 0.3) is 5.78 Å². The third-order valence-electron chi connectivity index (χ3n) is 4.34. The van der Waals surface area contributed by atoms with Gasteiger partial charge in [0, 0.05) is 23.0 Å². The van der Waals surface area contributed by atoms with E-state index in [1.54, 1.807) is 34.8 Å². The zero-order chi connectivity index (χ0) is 22.0. The van der Waals surface area contributed by atoms with E-state index < -0.39 is 5.91 Å². The van der Waals surface area contributed by atoms with Crippen molar-refractivity contribution in [2.45, 2.75) is 20.3 Å². The number of nitrogens with two attached hydrogens (primary N) is 1. The highest BCUT2D eigenvalue weighted by Crippen LogP contribution is 2.21. The average Bonchev–Trinajstić information content (AvgIpc) is 3.12. The molecule has 0 saturated heterocycles. The Kier molecular flexibility index (Phi) is 5.27. The fourth-order valence-corrected chi connectivity index (χ4v) is 2.98. The lowest BCUT2D eigenvalue weighted by Gasteiger charge is -2.07. The van der Waals surface area contributed by atoms with E-state index in [4.69, 9.17) is 10.5 Å². The molecule has 4 aromatic rings. The Morgan fingerprint density at radius 3 is 2.71 bits per heavy atom. The highest BCUT2D eigenvalue weighted by atomic mass is 16.5. The minimum atomic E-state index is -0.544. The number of rotatable bonds is 6. The fourth-order valence-electron chi connectivity index (χ4n) is 2.98.